The topological polar surface area (TPSA) is 61.0 Å². The molecule has 0 aliphatic heterocycles. The van der Waals surface area contributed by atoms with Gasteiger partial charge in [-0.3, -0.25) is 0 Å². The van der Waals surface area contributed by atoms with E-state index < -0.39 is 0 Å². The molecule has 0 atom stereocenters. The molecule has 0 saturated heterocycles. The van der Waals surface area contributed by atoms with Crippen molar-refractivity contribution in [2.75, 3.05) is 19.5 Å². The van der Waals surface area contributed by atoms with Crippen LogP contribution in [0.25, 0.3) is 10.2 Å². The van der Waals surface area contributed by atoms with E-state index in [1.165, 1.54) is 10.4 Å². The summed E-state index contributed by atoms with van der Waals surface area (Å²) in [4.78, 5) is 11.0. The summed E-state index contributed by atoms with van der Waals surface area (Å²) in [6.45, 7) is 4.76. The predicted octanol–water partition coefficient (Wildman–Crippen LogP) is 2.08. The number of ether oxygens (including phenoxy) is 1. The Bertz CT molecular complexity index is 521. The third-order valence-corrected chi connectivity index (χ3v) is 3.73. The van der Waals surface area contributed by atoms with E-state index in [4.69, 9.17) is 10.5 Å². The molecule has 0 spiro atoms. The van der Waals surface area contributed by atoms with Gasteiger partial charge in [0.05, 0.1) is 12.0 Å². The molecule has 2 N–H and O–H groups in total. The largest absolute Gasteiger partial charge is 0.384 e. The molecule has 2 heterocycles. The van der Waals surface area contributed by atoms with Crippen molar-refractivity contribution in [1.29, 1.82) is 0 Å². The number of hydrogen-bond acceptors (Lipinski definition) is 5. The van der Waals surface area contributed by atoms with Crippen molar-refractivity contribution in [3.63, 3.8) is 0 Å². The summed E-state index contributed by atoms with van der Waals surface area (Å²) in [5.41, 5.74) is 7.15. The van der Waals surface area contributed by atoms with Crippen LogP contribution in [0.2, 0.25) is 0 Å². The lowest BCUT2D eigenvalue weighted by Crippen LogP contribution is -2.03. The molecule has 0 aliphatic rings. The zero-order valence-electron chi connectivity index (χ0n) is 9.70. The zero-order chi connectivity index (χ0) is 11.7. The Balaban J connectivity index is 2.51. The normalized spacial score (nSPS) is 11.2. The lowest BCUT2D eigenvalue weighted by atomic mass is 10.2. The quantitative estimate of drug-likeness (QED) is 0.887. The molecular formula is C11H15N3OS. The summed E-state index contributed by atoms with van der Waals surface area (Å²) < 4.78 is 5.01. The van der Waals surface area contributed by atoms with Crippen LogP contribution in [0.15, 0.2) is 0 Å². The third kappa shape index (κ3) is 1.88. The summed E-state index contributed by atoms with van der Waals surface area (Å²) in [6.07, 6.45) is 0.701. The minimum atomic E-state index is 0.581. The molecule has 2 rings (SSSR count). The minimum Gasteiger partial charge on any atom is -0.384 e. The van der Waals surface area contributed by atoms with E-state index >= 15 is 0 Å². The molecule has 0 bridgehead atoms. The molecular weight excluding hydrogens is 222 g/mol. The second kappa shape index (κ2) is 4.35. The van der Waals surface area contributed by atoms with E-state index in [2.05, 4.69) is 23.8 Å². The van der Waals surface area contributed by atoms with Crippen LogP contribution in [0, 0.1) is 13.8 Å². The average molecular weight is 237 g/mol. The summed E-state index contributed by atoms with van der Waals surface area (Å²) in [6, 6.07) is 0. The molecule has 86 valence electrons. The van der Waals surface area contributed by atoms with E-state index in [9.17, 15) is 0 Å². The monoisotopic (exact) mass is 237 g/mol. The van der Waals surface area contributed by atoms with Crippen LogP contribution in [0.4, 0.5) is 5.82 Å². The molecule has 0 saturated carbocycles. The van der Waals surface area contributed by atoms with Crippen LogP contribution in [-0.4, -0.2) is 23.7 Å². The van der Waals surface area contributed by atoms with Gasteiger partial charge >= 0.3 is 0 Å². The van der Waals surface area contributed by atoms with Crippen LogP contribution in [0.1, 0.15) is 16.3 Å². The number of nitrogens with two attached hydrogens (primary N) is 1. The first-order valence-electron chi connectivity index (χ1n) is 5.14. The Kier molecular flexibility index (Phi) is 3.07. The van der Waals surface area contributed by atoms with Crippen molar-refractivity contribution in [1.82, 2.24) is 9.97 Å². The highest BCUT2D eigenvalue weighted by atomic mass is 32.1. The Hall–Kier alpha value is -1.20. The van der Waals surface area contributed by atoms with E-state index in [1.54, 1.807) is 18.4 Å². The highest BCUT2D eigenvalue weighted by Crippen LogP contribution is 2.31. The molecule has 16 heavy (non-hydrogen) atoms. The van der Waals surface area contributed by atoms with Gasteiger partial charge in [0.2, 0.25) is 0 Å². The molecule has 0 aromatic carbocycles. The van der Waals surface area contributed by atoms with Crippen LogP contribution < -0.4 is 5.73 Å². The van der Waals surface area contributed by atoms with Gasteiger partial charge in [0, 0.05) is 18.4 Å². The van der Waals surface area contributed by atoms with E-state index in [0.717, 1.165) is 16.0 Å². The lowest BCUT2D eigenvalue weighted by molar-refractivity contribution is 0.200. The van der Waals surface area contributed by atoms with Crippen LogP contribution >= 0.6 is 11.3 Å². The van der Waals surface area contributed by atoms with E-state index in [1.807, 2.05) is 0 Å². The predicted molar refractivity (Wildman–Crippen MR) is 66.9 cm³/mol. The Morgan fingerprint density at radius 3 is 2.75 bits per heavy atom. The molecule has 4 nitrogen and oxygen atoms in total. The number of anilines is 1. The van der Waals surface area contributed by atoms with Gasteiger partial charge in [0.25, 0.3) is 0 Å². The van der Waals surface area contributed by atoms with Gasteiger partial charge in [-0.1, -0.05) is 0 Å². The first kappa shape index (κ1) is 11.3. The van der Waals surface area contributed by atoms with Crippen molar-refractivity contribution in [3.8, 4) is 0 Å². The smallest absolute Gasteiger partial charge is 0.136 e. The SMILES string of the molecule is COCCc1nc(N)c2c(C)c(C)sc2n1. The van der Waals surface area contributed by atoms with Crippen molar-refractivity contribution < 1.29 is 4.74 Å². The Labute approximate surface area is 98.5 Å². The number of nitrogen functional groups attached to an aromatic ring is 1. The second-order valence-electron chi connectivity index (χ2n) is 3.73. The zero-order valence-corrected chi connectivity index (χ0v) is 10.5. The summed E-state index contributed by atoms with van der Waals surface area (Å²) >= 11 is 1.67. The molecule has 0 radical (unpaired) electrons. The van der Waals surface area contributed by atoms with Crippen LogP contribution in [-0.2, 0) is 11.2 Å². The highest BCUT2D eigenvalue weighted by molar-refractivity contribution is 7.18. The minimum absolute atomic E-state index is 0.581. The molecule has 5 heteroatoms. The van der Waals surface area contributed by atoms with Gasteiger partial charge < -0.3 is 10.5 Å². The van der Waals surface area contributed by atoms with Crippen molar-refractivity contribution >= 4 is 27.4 Å². The first-order chi connectivity index (χ1) is 7.63. The van der Waals surface area contributed by atoms with Gasteiger partial charge in [-0.2, -0.15) is 0 Å². The number of nitrogens with zero attached hydrogens (tertiary/aromatic N) is 2. The van der Waals surface area contributed by atoms with Crippen molar-refractivity contribution in [2.24, 2.45) is 0 Å². The van der Waals surface area contributed by atoms with Crippen LogP contribution in [0.3, 0.4) is 0 Å². The molecule has 0 aliphatic carbocycles. The number of aromatic nitrogens is 2. The summed E-state index contributed by atoms with van der Waals surface area (Å²) in [5, 5.41) is 1.00. The molecule has 2 aromatic heterocycles. The second-order valence-corrected chi connectivity index (χ2v) is 4.93. The fourth-order valence-corrected chi connectivity index (χ4v) is 2.69. The molecule has 0 fully saturated rings. The summed E-state index contributed by atoms with van der Waals surface area (Å²) in [5.74, 6) is 1.34. The molecule has 0 amide bonds. The maximum absolute atomic E-state index is 5.96. The number of thiophene rings is 1. The fourth-order valence-electron chi connectivity index (χ4n) is 1.63. The third-order valence-electron chi connectivity index (χ3n) is 2.63. The number of rotatable bonds is 3. The van der Waals surface area contributed by atoms with Crippen LogP contribution in [0.5, 0.6) is 0 Å². The number of fused-ring (bicyclic) bond motifs is 1. The van der Waals surface area contributed by atoms with Crippen molar-refractivity contribution in [2.45, 2.75) is 20.3 Å². The van der Waals surface area contributed by atoms with Gasteiger partial charge in [-0.25, -0.2) is 9.97 Å². The van der Waals surface area contributed by atoms with Gasteiger partial charge in [-0.15, -0.1) is 11.3 Å². The maximum Gasteiger partial charge on any atom is 0.136 e. The first-order valence-corrected chi connectivity index (χ1v) is 5.96. The Morgan fingerprint density at radius 2 is 2.06 bits per heavy atom. The van der Waals surface area contributed by atoms with Gasteiger partial charge in [0.1, 0.15) is 16.5 Å². The summed E-state index contributed by atoms with van der Waals surface area (Å²) in [7, 11) is 1.67. The standard InChI is InChI=1S/C11H15N3OS/c1-6-7(2)16-11-9(6)10(12)13-8(14-11)4-5-15-3/h4-5H2,1-3H3,(H2,12,13,14). The maximum atomic E-state index is 5.96. The van der Waals surface area contributed by atoms with E-state index in [0.29, 0.717) is 18.8 Å². The lowest BCUT2D eigenvalue weighted by Gasteiger charge is -2.02. The number of methoxy groups -OCH3 is 1. The number of aryl methyl sites for hydroxylation is 2. The van der Waals surface area contributed by atoms with Gasteiger partial charge in [-0.05, 0) is 19.4 Å². The number of hydrogen-bond donors (Lipinski definition) is 1. The average Bonchev–Trinajstić information content (AvgIpc) is 2.52. The van der Waals surface area contributed by atoms with Crippen molar-refractivity contribution in [3.05, 3.63) is 16.3 Å². The molecule has 2 aromatic rings. The highest BCUT2D eigenvalue weighted by Gasteiger charge is 2.12. The fraction of sp³-hybridized carbons (Fsp3) is 0.455. The molecule has 0 unspecified atom stereocenters. The van der Waals surface area contributed by atoms with Gasteiger partial charge in [0.15, 0.2) is 0 Å². The Morgan fingerprint density at radius 1 is 1.31 bits per heavy atom. The van der Waals surface area contributed by atoms with E-state index in [-0.39, 0.29) is 0 Å².